The lowest BCUT2D eigenvalue weighted by Gasteiger charge is -2.33. The first-order valence-electron chi connectivity index (χ1n) is 5.90. The maximum absolute atomic E-state index is 10.8. The van der Waals surface area contributed by atoms with Crippen LogP contribution in [0.15, 0.2) is 42.1 Å². The highest BCUT2D eigenvalue weighted by Crippen LogP contribution is 2.34. The molecule has 3 rings (SSSR count). The molecular weight excluding hydrogens is 264 g/mol. The molecule has 0 amide bonds. The third-order valence-corrected chi connectivity index (χ3v) is 3.28. The van der Waals surface area contributed by atoms with Crippen LogP contribution in [0.5, 0.6) is 0 Å². The average Bonchev–Trinajstić information content (AvgIpc) is 2.43. The highest BCUT2D eigenvalue weighted by molar-refractivity contribution is 5.76. The number of nitrogens with one attached hydrogen (secondary N) is 2. The number of nitrogens with zero attached hydrogens (tertiary/aromatic N) is 2. The molecule has 0 spiro atoms. The van der Waals surface area contributed by atoms with Crippen molar-refractivity contribution in [1.82, 2.24) is 0 Å². The van der Waals surface area contributed by atoms with Crippen molar-refractivity contribution in [1.29, 1.82) is 0 Å². The second-order valence-corrected chi connectivity index (χ2v) is 4.53. The Balaban J connectivity index is 1.94. The Morgan fingerprint density at radius 2 is 1.75 bits per heavy atom. The summed E-state index contributed by atoms with van der Waals surface area (Å²) in [6.07, 6.45) is 4.66. The Kier molecular flexibility index (Phi) is 2.63. The van der Waals surface area contributed by atoms with Gasteiger partial charge in [-0.3, -0.25) is 20.2 Å². The molecule has 1 heterocycles. The molecule has 102 valence electrons. The van der Waals surface area contributed by atoms with Gasteiger partial charge in [0, 0.05) is 24.3 Å². The van der Waals surface area contributed by atoms with Crippen LogP contribution >= 0.6 is 0 Å². The zero-order valence-electron chi connectivity index (χ0n) is 10.1. The van der Waals surface area contributed by atoms with E-state index in [4.69, 9.17) is 0 Å². The van der Waals surface area contributed by atoms with Gasteiger partial charge in [-0.25, -0.2) is 0 Å². The fraction of sp³-hybridized carbons (Fsp3) is 0.167. The molecule has 8 heteroatoms. The van der Waals surface area contributed by atoms with E-state index < -0.39 is 9.85 Å². The largest absolute Gasteiger partial charge is 0.375 e. The first-order chi connectivity index (χ1) is 9.54. The van der Waals surface area contributed by atoms with E-state index in [0.29, 0.717) is 5.69 Å². The molecule has 20 heavy (non-hydrogen) atoms. The monoisotopic (exact) mass is 274 g/mol. The van der Waals surface area contributed by atoms with Crippen LogP contribution in [0.3, 0.4) is 0 Å². The minimum Gasteiger partial charge on any atom is -0.375 e. The third kappa shape index (κ3) is 1.96. The smallest absolute Gasteiger partial charge is 0.271 e. The fourth-order valence-corrected chi connectivity index (χ4v) is 2.31. The first kappa shape index (κ1) is 12.2. The lowest BCUT2D eigenvalue weighted by molar-refractivity contribution is -0.419. The summed E-state index contributed by atoms with van der Waals surface area (Å²) in [5.74, 6) is 0. The SMILES string of the molecule is O=[N+]([O-])C1=CC2Nc3cc([N+](=O)[O-])ccc3NC2C=C1. The van der Waals surface area contributed by atoms with Crippen LogP contribution in [-0.4, -0.2) is 21.9 Å². The van der Waals surface area contributed by atoms with Crippen molar-refractivity contribution >= 4 is 17.1 Å². The van der Waals surface area contributed by atoms with E-state index in [1.807, 2.05) is 0 Å². The van der Waals surface area contributed by atoms with Gasteiger partial charge in [-0.15, -0.1) is 0 Å². The average molecular weight is 274 g/mol. The summed E-state index contributed by atoms with van der Waals surface area (Å²) in [5.41, 5.74) is 1.28. The van der Waals surface area contributed by atoms with Crippen molar-refractivity contribution in [2.75, 3.05) is 10.6 Å². The zero-order chi connectivity index (χ0) is 14.3. The predicted molar refractivity (Wildman–Crippen MR) is 72.1 cm³/mol. The van der Waals surface area contributed by atoms with E-state index in [1.165, 1.54) is 24.3 Å². The van der Waals surface area contributed by atoms with E-state index >= 15 is 0 Å². The molecule has 0 saturated heterocycles. The molecule has 0 fully saturated rings. The van der Waals surface area contributed by atoms with E-state index in [9.17, 15) is 20.2 Å². The van der Waals surface area contributed by atoms with E-state index in [-0.39, 0.29) is 23.5 Å². The molecule has 2 atom stereocenters. The molecule has 2 aliphatic rings. The Morgan fingerprint density at radius 1 is 1.00 bits per heavy atom. The lowest BCUT2D eigenvalue weighted by Crippen LogP contribution is -2.42. The summed E-state index contributed by atoms with van der Waals surface area (Å²) in [6.45, 7) is 0. The highest BCUT2D eigenvalue weighted by Gasteiger charge is 2.30. The van der Waals surface area contributed by atoms with Crippen molar-refractivity contribution in [3.05, 3.63) is 62.4 Å². The van der Waals surface area contributed by atoms with Gasteiger partial charge in [0.25, 0.3) is 11.4 Å². The number of benzene rings is 1. The maximum Gasteiger partial charge on any atom is 0.271 e. The minimum absolute atomic E-state index is 0.00873. The van der Waals surface area contributed by atoms with Crippen LogP contribution < -0.4 is 10.6 Å². The number of allylic oxidation sites excluding steroid dienone is 1. The number of hydrogen-bond acceptors (Lipinski definition) is 6. The molecule has 1 aromatic rings. The van der Waals surface area contributed by atoms with Gasteiger partial charge in [0.1, 0.15) is 0 Å². The van der Waals surface area contributed by atoms with Gasteiger partial charge in [-0.1, -0.05) is 6.08 Å². The molecule has 0 aromatic heterocycles. The topological polar surface area (TPSA) is 110 Å². The van der Waals surface area contributed by atoms with Crippen molar-refractivity contribution < 1.29 is 9.85 Å². The van der Waals surface area contributed by atoms with E-state index in [2.05, 4.69) is 10.6 Å². The number of hydrogen-bond donors (Lipinski definition) is 2. The van der Waals surface area contributed by atoms with E-state index in [0.717, 1.165) is 5.69 Å². The third-order valence-electron chi connectivity index (χ3n) is 3.28. The molecule has 8 nitrogen and oxygen atoms in total. The summed E-state index contributed by atoms with van der Waals surface area (Å²) < 4.78 is 0. The van der Waals surface area contributed by atoms with Crippen LogP contribution in [0.25, 0.3) is 0 Å². The van der Waals surface area contributed by atoms with Crippen LogP contribution in [0.4, 0.5) is 17.1 Å². The lowest BCUT2D eigenvalue weighted by atomic mass is 9.97. The first-order valence-corrected chi connectivity index (χ1v) is 5.90. The standard InChI is InChI=1S/C12H10N4O4/c17-15(18)7-1-3-9-11(5-7)14-12-6-8(16(19)20)2-4-10(12)13-9/h1-6,9,11,13-14H. The summed E-state index contributed by atoms with van der Waals surface area (Å²) in [7, 11) is 0. The Hall–Kier alpha value is -2.90. The van der Waals surface area contributed by atoms with Gasteiger partial charge in [0.15, 0.2) is 0 Å². The molecule has 2 unspecified atom stereocenters. The van der Waals surface area contributed by atoms with Gasteiger partial charge in [-0.2, -0.15) is 0 Å². The number of nitro groups is 2. The molecule has 0 saturated carbocycles. The van der Waals surface area contributed by atoms with Crippen molar-refractivity contribution in [2.45, 2.75) is 12.1 Å². The molecular formula is C12H10N4O4. The van der Waals surface area contributed by atoms with Gasteiger partial charge in [-0.05, 0) is 6.07 Å². The molecule has 2 N–H and O–H groups in total. The number of anilines is 2. The molecule has 0 radical (unpaired) electrons. The van der Waals surface area contributed by atoms with Crippen molar-refractivity contribution in [2.24, 2.45) is 0 Å². The zero-order valence-corrected chi connectivity index (χ0v) is 10.1. The summed E-state index contributed by atoms with van der Waals surface area (Å²) in [6, 6.07) is 4.02. The Bertz CT molecular complexity index is 667. The van der Waals surface area contributed by atoms with Crippen molar-refractivity contribution in [3.8, 4) is 0 Å². The molecule has 1 aliphatic carbocycles. The van der Waals surface area contributed by atoms with Crippen LogP contribution in [-0.2, 0) is 0 Å². The highest BCUT2D eigenvalue weighted by atomic mass is 16.6. The maximum atomic E-state index is 10.8. The van der Waals surface area contributed by atoms with Gasteiger partial charge >= 0.3 is 0 Å². The number of rotatable bonds is 2. The summed E-state index contributed by atoms with van der Waals surface area (Å²) >= 11 is 0. The Labute approximate surface area is 113 Å². The van der Waals surface area contributed by atoms with Gasteiger partial charge < -0.3 is 10.6 Å². The van der Waals surface area contributed by atoms with Crippen LogP contribution in [0.1, 0.15) is 0 Å². The normalized spacial score (nSPS) is 22.7. The Morgan fingerprint density at radius 3 is 2.45 bits per heavy atom. The number of nitro benzene ring substituents is 1. The van der Waals surface area contributed by atoms with Gasteiger partial charge in [0.2, 0.25) is 0 Å². The fourth-order valence-electron chi connectivity index (χ4n) is 2.31. The molecule has 1 aliphatic heterocycles. The van der Waals surface area contributed by atoms with Gasteiger partial charge in [0.05, 0.1) is 33.3 Å². The number of non-ortho nitro benzene ring substituents is 1. The molecule has 1 aromatic carbocycles. The summed E-state index contributed by atoms with van der Waals surface area (Å²) in [4.78, 5) is 20.6. The number of fused-ring (bicyclic) bond motifs is 2. The predicted octanol–water partition coefficient (Wildman–Crippen LogP) is 1.90. The van der Waals surface area contributed by atoms with Crippen molar-refractivity contribution in [3.63, 3.8) is 0 Å². The molecule has 0 bridgehead atoms. The minimum atomic E-state index is -0.479. The second-order valence-electron chi connectivity index (χ2n) is 4.53. The van der Waals surface area contributed by atoms with E-state index in [1.54, 1.807) is 12.1 Å². The second kappa shape index (κ2) is 4.34. The summed E-state index contributed by atoms with van der Waals surface area (Å²) in [5, 5.41) is 27.8. The quantitative estimate of drug-likeness (QED) is 0.629. The van der Waals surface area contributed by atoms with Crippen LogP contribution in [0, 0.1) is 20.2 Å². The van der Waals surface area contributed by atoms with Crippen LogP contribution in [0.2, 0.25) is 0 Å².